The predicted molar refractivity (Wildman–Crippen MR) is 113 cm³/mol. The Morgan fingerprint density at radius 1 is 1.21 bits per heavy atom. The first-order valence-electron chi connectivity index (χ1n) is 9.36. The van der Waals surface area contributed by atoms with Gasteiger partial charge in [-0.3, -0.25) is 4.79 Å². The van der Waals surface area contributed by atoms with Crippen LogP contribution in [0.15, 0.2) is 53.0 Å². The molecule has 0 unspecified atom stereocenters. The summed E-state index contributed by atoms with van der Waals surface area (Å²) in [6.45, 7) is 3.03. The molecule has 1 fully saturated rings. The third kappa shape index (κ3) is 5.35. The van der Waals surface area contributed by atoms with Gasteiger partial charge in [-0.15, -0.1) is 0 Å². The van der Waals surface area contributed by atoms with Crippen LogP contribution in [0.25, 0.3) is 0 Å². The largest absolute Gasteiger partial charge is 0.494 e. The number of benzene rings is 2. The molecule has 1 saturated heterocycles. The van der Waals surface area contributed by atoms with Crippen LogP contribution in [-0.2, 0) is 16.4 Å². The smallest absolute Gasteiger partial charge is 0.254 e. The molecule has 28 heavy (non-hydrogen) atoms. The van der Waals surface area contributed by atoms with E-state index in [1.807, 2.05) is 31.2 Å². The second-order valence-corrected chi connectivity index (χ2v) is 10.1. The summed E-state index contributed by atoms with van der Waals surface area (Å²) in [6, 6.07) is 14.5. The lowest BCUT2D eigenvalue weighted by atomic mass is 10.1. The predicted octanol–water partition coefficient (Wildman–Crippen LogP) is 4.07. The molecule has 2 aromatic carbocycles. The Labute approximate surface area is 174 Å². The Balaban J connectivity index is 1.84. The van der Waals surface area contributed by atoms with Gasteiger partial charge in [0.05, 0.1) is 18.1 Å². The molecule has 150 valence electrons. The van der Waals surface area contributed by atoms with Crippen LogP contribution < -0.4 is 4.74 Å². The van der Waals surface area contributed by atoms with Gasteiger partial charge < -0.3 is 9.64 Å². The second-order valence-electron chi connectivity index (χ2n) is 6.99. The van der Waals surface area contributed by atoms with Crippen molar-refractivity contribution in [3.05, 3.63) is 64.1 Å². The number of sulfone groups is 1. The van der Waals surface area contributed by atoms with Crippen LogP contribution in [0.5, 0.6) is 5.75 Å². The van der Waals surface area contributed by atoms with Gasteiger partial charge >= 0.3 is 0 Å². The van der Waals surface area contributed by atoms with Crippen molar-refractivity contribution in [1.82, 2.24) is 4.90 Å². The number of halogens is 1. The van der Waals surface area contributed by atoms with Gasteiger partial charge in [0.1, 0.15) is 5.75 Å². The van der Waals surface area contributed by atoms with E-state index in [0.29, 0.717) is 25.1 Å². The average Bonchev–Trinajstić information content (AvgIpc) is 3.04. The molecule has 3 rings (SSSR count). The molecule has 0 radical (unpaired) electrons. The molecule has 0 spiro atoms. The third-order valence-corrected chi connectivity index (χ3v) is 6.97. The van der Waals surface area contributed by atoms with Crippen molar-refractivity contribution >= 4 is 31.7 Å². The monoisotopic (exact) mass is 465 g/mol. The molecule has 0 aromatic heterocycles. The molecule has 2 aromatic rings. The van der Waals surface area contributed by atoms with Crippen molar-refractivity contribution in [2.24, 2.45) is 0 Å². The summed E-state index contributed by atoms with van der Waals surface area (Å²) in [7, 11) is -3.10. The lowest BCUT2D eigenvalue weighted by Crippen LogP contribution is -2.40. The molecule has 1 atom stereocenters. The van der Waals surface area contributed by atoms with Crippen LogP contribution in [0.2, 0.25) is 0 Å². The topological polar surface area (TPSA) is 63.7 Å². The highest BCUT2D eigenvalue weighted by Crippen LogP contribution is 2.24. The molecular formula is C21H24BrNO4S. The Morgan fingerprint density at radius 3 is 2.57 bits per heavy atom. The molecular weight excluding hydrogens is 442 g/mol. The SMILES string of the molecule is CCCOc1ccc(C(=O)N(Cc2cccc(Br)c2)[C@H]2CCS(=O)(=O)C2)cc1. The highest BCUT2D eigenvalue weighted by molar-refractivity contribution is 9.10. The molecule has 1 aliphatic rings. The molecule has 0 N–H and O–H groups in total. The lowest BCUT2D eigenvalue weighted by molar-refractivity contribution is 0.0681. The Hall–Kier alpha value is -1.86. The first-order chi connectivity index (χ1) is 13.4. The van der Waals surface area contributed by atoms with Crippen LogP contribution in [0.1, 0.15) is 35.7 Å². The fraction of sp³-hybridized carbons (Fsp3) is 0.381. The van der Waals surface area contributed by atoms with Gasteiger partial charge in [-0.05, 0) is 54.8 Å². The fourth-order valence-electron chi connectivity index (χ4n) is 3.30. The van der Waals surface area contributed by atoms with Gasteiger partial charge in [0.15, 0.2) is 9.84 Å². The van der Waals surface area contributed by atoms with Crippen molar-refractivity contribution in [3.63, 3.8) is 0 Å². The Kier molecular flexibility index (Phi) is 6.78. The number of nitrogens with zero attached hydrogens (tertiary/aromatic N) is 1. The molecule has 1 amide bonds. The summed E-state index contributed by atoms with van der Waals surface area (Å²) in [5.41, 5.74) is 1.48. The Morgan fingerprint density at radius 2 is 1.96 bits per heavy atom. The zero-order valence-electron chi connectivity index (χ0n) is 15.8. The number of hydrogen-bond acceptors (Lipinski definition) is 4. The molecule has 0 saturated carbocycles. The molecule has 7 heteroatoms. The number of carbonyl (C=O) groups excluding carboxylic acids is 1. The van der Waals surface area contributed by atoms with Crippen molar-refractivity contribution in [2.75, 3.05) is 18.1 Å². The zero-order valence-corrected chi connectivity index (χ0v) is 18.2. The van der Waals surface area contributed by atoms with Crippen LogP contribution in [0.3, 0.4) is 0 Å². The van der Waals surface area contributed by atoms with E-state index in [4.69, 9.17) is 4.74 Å². The number of ether oxygens (including phenoxy) is 1. The van der Waals surface area contributed by atoms with E-state index < -0.39 is 9.84 Å². The second kappa shape index (κ2) is 9.09. The van der Waals surface area contributed by atoms with Gasteiger partial charge in [0.25, 0.3) is 5.91 Å². The standard InChI is InChI=1S/C21H24BrNO4S/c1-2-11-27-20-8-6-17(7-9-20)21(24)23(19-10-12-28(25,26)15-19)14-16-4-3-5-18(22)13-16/h3-9,13,19H,2,10-12,14-15H2,1H3/t19-/m0/s1. The van der Waals surface area contributed by atoms with Crippen LogP contribution in [-0.4, -0.2) is 43.4 Å². The zero-order chi connectivity index (χ0) is 20.1. The van der Waals surface area contributed by atoms with Gasteiger partial charge in [-0.2, -0.15) is 0 Å². The minimum Gasteiger partial charge on any atom is -0.494 e. The van der Waals surface area contributed by atoms with Crippen LogP contribution >= 0.6 is 15.9 Å². The minimum absolute atomic E-state index is 0.0183. The van der Waals surface area contributed by atoms with E-state index in [0.717, 1.165) is 22.2 Å². The number of hydrogen-bond donors (Lipinski definition) is 0. The van der Waals surface area contributed by atoms with Gasteiger partial charge in [-0.25, -0.2) is 8.42 Å². The van der Waals surface area contributed by atoms with E-state index in [9.17, 15) is 13.2 Å². The van der Waals surface area contributed by atoms with Crippen molar-refractivity contribution < 1.29 is 17.9 Å². The molecule has 1 heterocycles. The summed E-state index contributed by atoms with van der Waals surface area (Å²) >= 11 is 3.45. The first-order valence-corrected chi connectivity index (χ1v) is 12.0. The first kappa shape index (κ1) is 20.9. The number of carbonyl (C=O) groups is 1. The number of rotatable bonds is 7. The van der Waals surface area contributed by atoms with Gasteiger partial charge in [-0.1, -0.05) is 35.0 Å². The van der Waals surface area contributed by atoms with E-state index >= 15 is 0 Å². The minimum atomic E-state index is -3.10. The van der Waals surface area contributed by atoms with Gasteiger partial charge in [0.2, 0.25) is 0 Å². The quantitative estimate of drug-likeness (QED) is 0.617. The van der Waals surface area contributed by atoms with Crippen molar-refractivity contribution in [2.45, 2.75) is 32.4 Å². The summed E-state index contributed by atoms with van der Waals surface area (Å²) in [5.74, 6) is 0.707. The van der Waals surface area contributed by atoms with E-state index in [1.54, 1.807) is 29.2 Å². The van der Waals surface area contributed by atoms with E-state index in [-0.39, 0.29) is 23.5 Å². The molecule has 5 nitrogen and oxygen atoms in total. The highest BCUT2D eigenvalue weighted by atomic mass is 79.9. The third-order valence-electron chi connectivity index (χ3n) is 4.73. The van der Waals surface area contributed by atoms with E-state index in [1.165, 1.54) is 0 Å². The lowest BCUT2D eigenvalue weighted by Gasteiger charge is -2.28. The average molecular weight is 466 g/mol. The molecule has 0 aliphatic carbocycles. The normalized spacial score (nSPS) is 18.0. The molecule has 0 bridgehead atoms. The Bertz CT molecular complexity index is 928. The summed E-state index contributed by atoms with van der Waals surface area (Å²) in [6.07, 6.45) is 1.39. The molecule has 1 aliphatic heterocycles. The maximum Gasteiger partial charge on any atom is 0.254 e. The van der Waals surface area contributed by atoms with E-state index in [2.05, 4.69) is 15.9 Å². The summed E-state index contributed by atoms with van der Waals surface area (Å²) < 4.78 is 30.5. The van der Waals surface area contributed by atoms with Gasteiger partial charge in [0, 0.05) is 22.6 Å². The number of amides is 1. The summed E-state index contributed by atoms with van der Waals surface area (Å²) in [5, 5.41) is 0. The van der Waals surface area contributed by atoms with Crippen LogP contribution in [0.4, 0.5) is 0 Å². The van der Waals surface area contributed by atoms with Crippen LogP contribution in [0, 0.1) is 0 Å². The van der Waals surface area contributed by atoms with Crippen molar-refractivity contribution in [1.29, 1.82) is 0 Å². The summed E-state index contributed by atoms with van der Waals surface area (Å²) in [4.78, 5) is 14.9. The highest BCUT2D eigenvalue weighted by Gasteiger charge is 2.35. The van der Waals surface area contributed by atoms with Crippen molar-refractivity contribution in [3.8, 4) is 5.75 Å². The maximum atomic E-state index is 13.2. The fourth-order valence-corrected chi connectivity index (χ4v) is 5.48. The maximum absolute atomic E-state index is 13.2.